The van der Waals surface area contributed by atoms with E-state index in [0.29, 0.717) is 6.42 Å². The van der Waals surface area contributed by atoms with Gasteiger partial charge in [0.05, 0.1) is 5.97 Å². The Hall–Kier alpha value is 1.57. The smallest absolute Gasteiger partial charge is 0.550 e. The molecule has 0 spiro atoms. The minimum absolute atomic E-state index is 0. The Morgan fingerprint density at radius 3 is 1.65 bits per heavy atom. The van der Waals surface area contributed by atoms with Crippen molar-refractivity contribution in [3.63, 3.8) is 0 Å². The van der Waals surface area contributed by atoms with Gasteiger partial charge in [0, 0.05) is 12.0 Å². The number of carbonyl (C=O) groups is 2. The summed E-state index contributed by atoms with van der Waals surface area (Å²) in [6, 6.07) is -1.21. The van der Waals surface area contributed by atoms with Gasteiger partial charge in [-0.15, -0.1) is 0 Å². The Bertz CT molecular complexity index is 321. The second-order valence-corrected chi connectivity index (χ2v) is 5.56. The van der Waals surface area contributed by atoms with Gasteiger partial charge in [-0.3, -0.25) is 6.29 Å². The van der Waals surface area contributed by atoms with Crippen LogP contribution in [0.1, 0.15) is 84.0 Å². The van der Waals surface area contributed by atoms with E-state index in [9.17, 15) is 24.6 Å². The molecule has 0 aromatic rings. The average Bonchev–Trinajstić information content (AvgIpc) is 2.51. The fourth-order valence-electron chi connectivity index (χ4n) is 1.90. The largest absolute Gasteiger partial charge is 1.00 e. The maximum absolute atomic E-state index is 9.89. The molecule has 26 heavy (non-hydrogen) atoms. The summed E-state index contributed by atoms with van der Waals surface area (Å²) in [6.45, 7) is 2.25. The van der Waals surface area contributed by atoms with E-state index < -0.39 is 18.0 Å². The molecule has 136 valence electrons. The van der Waals surface area contributed by atoms with Crippen LogP contribution < -0.4 is 105 Å². The zero-order valence-electron chi connectivity index (χ0n) is 17.2. The van der Waals surface area contributed by atoms with Crippen molar-refractivity contribution in [3.8, 4) is 0 Å². The van der Waals surface area contributed by atoms with Crippen LogP contribution in [0.2, 0.25) is 0 Å². The second kappa shape index (κ2) is 31.3. The quantitative estimate of drug-likeness (QED) is 0.176. The number of carbonyl (C=O) groups excluding carboxylic acids is 3. The summed E-state index contributed by atoms with van der Waals surface area (Å²) in [5.74, 6) is -2.75. The second-order valence-electron chi connectivity index (χ2n) is 5.56. The van der Waals surface area contributed by atoms with E-state index in [0.717, 1.165) is 6.42 Å². The number of carboxylic acid groups (broad SMARTS) is 2. The molecule has 6 nitrogen and oxygen atoms in total. The predicted octanol–water partition coefficient (Wildman–Crippen LogP) is -8.38. The molecule has 0 bridgehead atoms. The Balaban J connectivity index is -0.000000104. The topological polar surface area (TPSA) is 123 Å². The molecule has 0 saturated carbocycles. The number of aliphatic carboxylic acids is 2. The Labute approximate surface area is 224 Å². The van der Waals surface area contributed by atoms with Crippen molar-refractivity contribution in [2.45, 2.75) is 90.0 Å². The maximum Gasteiger partial charge on any atom is 1.00 e. The summed E-state index contributed by atoms with van der Waals surface area (Å²) < 4.78 is 0. The van der Waals surface area contributed by atoms with Gasteiger partial charge in [0.25, 0.3) is 0 Å². The monoisotopic (exact) mass is 397 g/mol. The minimum atomic E-state index is -1.44. The molecule has 0 aromatic heterocycles. The van der Waals surface area contributed by atoms with Gasteiger partial charge in [-0.1, -0.05) is 64.7 Å². The van der Waals surface area contributed by atoms with E-state index in [1.165, 1.54) is 51.4 Å². The maximum atomic E-state index is 9.89. The number of hydrogen-bond acceptors (Lipinski definition) is 6. The third-order valence-electron chi connectivity index (χ3n) is 3.34. The van der Waals surface area contributed by atoms with Crippen LogP contribution in [0, 0.1) is 0 Å². The molecule has 0 radical (unpaired) electrons. The predicted molar refractivity (Wildman–Crippen MR) is 84.8 cm³/mol. The number of nitrogens with two attached hydrogens (primary N) is 1. The van der Waals surface area contributed by atoms with E-state index in [-0.39, 0.29) is 102 Å². The normalized spacial score (nSPS) is 9.92. The van der Waals surface area contributed by atoms with Crippen LogP contribution in [0.15, 0.2) is 0 Å². The van der Waals surface area contributed by atoms with Crippen molar-refractivity contribution in [2.75, 3.05) is 0 Å². The molecule has 0 fully saturated rings. The summed E-state index contributed by atoms with van der Waals surface area (Å²) >= 11 is 0. The molecule has 0 aliphatic rings. The van der Waals surface area contributed by atoms with E-state index in [2.05, 4.69) is 6.92 Å². The van der Waals surface area contributed by atoms with E-state index in [1.807, 2.05) is 6.29 Å². The number of hydrogen-bond donors (Lipinski definition) is 1. The molecule has 2 N–H and O–H groups in total. The fraction of sp³-hybridized carbons (Fsp3) is 0.824. The Morgan fingerprint density at radius 2 is 1.31 bits per heavy atom. The molecule has 0 heterocycles. The van der Waals surface area contributed by atoms with Crippen LogP contribution in [0.3, 0.4) is 0 Å². The van der Waals surface area contributed by atoms with Crippen molar-refractivity contribution < 1.29 is 113 Å². The summed E-state index contributed by atoms with van der Waals surface area (Å²) in [7, 11) is 0. The first-order valence-electron chi connectivity index (χ1n) is 8.47. The third-order valence-corrected chi connectivity index (χ3v) is 3.34. The number of rotatable bonds is 14. The summed E-state index contributed by atoms with van der Waals surface area (Å²) in [4.78, 5) is 29.5. The van der Waals surface area contributed by atoms with Crippen LogP contribution in [0.4, 0.5) is 0 Å². The number of unbranched alkanes of at least 4 members (excludes halogenated alkanes) is 9. The Kier molecular flexibility index (Phi) is 46.0. The van der Waals surface area contributed by atoms with E-state index in [1.54, 1.807) is 0 Å². The van der Waals surface area contributed by atoms with Gasteiger partial charge in [0.15, 0.2) is 0 Å². The van der Waals surface area contributed by atoms with E-state index >= 15 is 0 Å². The first kappa shape index (κ1) is 38.2. The molecular formula is C17H30NNa3O5. The third kappa shape index (κ3) is 36.5. The summed E-state index contributed by atoms with van der Waals surface area (Å²) in [5.41, 5.74) is 4.91. The standard InChI is InChI=1S/C12H23O.C5H9NO4.3Na/c1-2-3-4-5-6-7-8-9-10-11-12-13;6-3(5(9)10)1-2-4(7)8;;;/h2-11H2,1H3;3H,1-2,6H2,(H,7,8)(H,9,10);;;/q-1;;3*+1/p-2. The molecule has 1 atom stereocenters. The summed E-state index contributed by atoms with van der Waals surface area (Å²) in [6.07, 6.45) is 13.9. The van der Waals surface area contributed by atoms with Crippen LogP contribution in [0.5, 0.6) is 0 Å². The Morgan fingerprint density at radius 1 is 0.885 bits per heavy atom. The summed E-state index contributed by atoms with van der Waals surface area (Å²) in [5, 5.41) is 19.6. The van der Waals surface area contributed by atoms with Crippen LogP contribution in [-0.4, -0.2) is 24.3 Å². The van der Waals surface area contributed by atoms with Gasteiger partial charge in [0.1, 0.15) is 0 Å². The van der Waals surface area contributed by atoms with Crippen LogP contribution in [-0.2, 0) is 14.4 Å². The fourth-order valence-corrected chi connectivity index (χ4v) is 1.90. The first-order valence-corrected chi connectivity index (χ1v) is 8.47. The van der Waals surface area contributed by atoms with Crippen molar-refractivity contribution in [1.29, 1.82) is 0 Å². The van der Waals surface area contributed by atoms with Crippen molar-refractivity contribution >= 4 is 18.2 Å². The molecule has 0 rings (SSSR count). The van der Waals surface area contributed by atoms with Gasteiger partial charge in [-0.25, -0.2) is 0 Å². The van der Waals surface area contributed by atoms with Gasteiger partial charge < -0.3 is 30.3 Å². The molecule has 0 saturated heterocycles. The molecule has 0 aliphatic heterocycles. The van der Waals surface area contributed by atoms with Crippen molar-refractivity contribution in [2.24, 2.45) is 5.73 Å². The van der Waals surface area contributed by atoms with E-state index in [4.69, 9.17) is 5.73 Å². The SMILES string of the molecule is CCCCCCCCCCC[C-]=O.NC(CCC(=O)[O-])C(=O)[O-].[Na+].[Na+].[Na+]. The van der Waals surface area contributed by atoms with Gasteiger partial charge >= 0.3 is 88.7 Å². The van der Waals surface area contributed by atoms with Gasteiger partial charge in [-0.2, -0.15) is 6.42 Å². The first-order chi connectivity index (χ1) is 11.0. The van der Waals surface area contributed by atoms with Gasteiger partial charge in [-0.05, 0) is 12.8 Å². The van der Waals surface area contributed by atoms with Crippen molar-refractivity contribution in [3.05, 3.63) is 0 Å². The average molecular weight is 397 g/mol. The molecule has 9 heteroatoms. The molecule has 1 unspecified atom stereocenters. The minimum Gasteiger partial charge on any atom is -0.550 e. The zero-order chi connectivity index (χ0) is 17.9. The molecule has 0 aliphatic carbocycles. The van der Waals surface area contributed by atoms with Gasteiger partial charge in [0.2, 0.25) is 0 Å². The number of carboxylic acids is 2. The zero-order valence-corrected chi connectivity index (χ0v) is 23.2. The van der Waals surface area contributed by atoms with Crippen LogP contribution >= 0.6 is 0 Å². The van der Waals surface area contributed by atoms with Crippen LogP contribution in [0.25, 0.3) is 0 Å². The molecule has 0 aromatic carbocycles. The molecule has 0 amide bonds. The molecular weight excluding hydrogens is 367 g/mol. The van der Waals surface area contributed by atoms with Crippen molar-refractivity contribution in [1.82, 2.24) is 0 Å².